The van der Waals surface area contributed by atoms with Crippen molar-refractivity contribution >= 4 is 17.7 Å². The van der Waals surface area contributed by atoms with Gasteiger partial charge < -0.3 is 4.74 Å². The molecule has 0 radical (unpaired) electrons. The minimum absolute atomic E-state index is 0.145. The number of carbonyl (C=O) groups is 1. The molecule has 1 aromatic heterocycles. The molecule has 0 aliphatic heterocycles. The van der Waals surface area contributed by atoms with Gasteiger partial charge in [-0.05, 0) is 20.3 Å². The lowest BCUT2D eigenvalue weighted by Gasteiger charge is -2.00. The number of hydrogen-bond donors (Lipinski definition) is 1. The molecular formula is C15H19N3O2S. The Morgan fingerprint density at radius 3 is 2.81 bits per heavy atom. The number of H-pyrrole nitrogens is 1. The summed E-state index contributed by atoms with van der Waals surface area (Å²) in [6.07, 6.45) is 1.20. The van der Waals surface area contributed by atoms with Crippen molar-refractivity contribution in [2.45, 2.75) is 31.8 Å². The molecule has 1 N–H and O–H groups in total. The van der Waals surface area contributed by atoms with E-state index in [-0.39, 0.29) is 5.97 Å². The first-order valence-corrected chi connectivity index (χ1v) is 7.95. The van der Waals surface area contributed by atoms with Crippen LogP contribution in [0.4, 0.5) is 0 Å². The second-order valence-electron chi connectivity index (χ2n) is 4.59. The number of nitrogens with one attached hydrogen (secondary N) is 1. The van der Waals surface area contributed by atoms with Gasteiger partial charge in [0.05, 0.1) is 6.61 Å². The van der Waals surface area contributed by atoms with Crippen molar-refractivity contribution in [1.29, 1.82) is 0 Å². The lowest BCUT2D eigenvalue weighted by Crippen LogP contribution is -2.03. The smallest absolute Gasteiger partial charge is 0.305 e. The highest BCUT2D eigenvalue weighted by Gasteiger charge is 2.07. The Balaban J connectivity index is 1.81. The second kappa shape index (κ2) is 7.83. The van der Waals surface area contributed by atoms with E-state index in [9.17, 15) is 4.79 Å². The summed E-state index contributed by atoms with van der Waals surface area (Å²) in [7, 11) is 0. The third kappa shape index (κ3) is 4.90. The molecule has 0 amide bonds. The van der Waals surface area contributed by atoms with E-state index in [1.807, 2.05) is 31.2 Å². The SMILES string of the molecule is CCOC(=O)CCCSc1n[nH]c(-c2ccc(C)cc2)n1. The predicted molar refractivity (Wildman–Crippen MR) is 83.1 cm³/mol. The first-order valence-electron chi connectivity index (χ1n) is 6.97. The first-order chi connectivity index (χ1) is 10.2. The van der Waals surface area contributed by atoms with Crippen LogP contribution in [0, 0.1) is 6.92 Å². The van der Waals surface area contributed by atoms with E-state index in [0.29, 0.717) is 18.2 Å². The van der Waals surface area contributed by atoms with Gasteiger partial charge in [-0.2, -0.15) is 0 Å². The van der Waals surface area contributed by atoms with Crippen molar-refractivity contribution in [3.8, 4) is 11.4 Å². The molecule has 2 aromatic rings. The fraction of sp³-hybridized carbons (Fsp3) is 0.400. The van der Waals surface area contributed by atoms with Gasteiger partial charge in [-0.1, -0.05) is 41.6 Å². The zero-order chi connectivity index (χ0) is 15.1. The highest BCUT2D eigenvalue weighted by Crippen LogP contribution is 2.20. The average Bonchev–Trinajstić information content (AvgIpc) is 2.93. The van der Waals surface area contributed by atoms with Gasteiger partial charge in [-0.15, -0.1) is 5.10 Å². The van der Waals surface area contributed by atoms with Crippen molar-refractivity contribution in [2.75, 3.05) is 12.4 Å². The minimum atomic E-state index is -0.145. The van der Waals surface area contributed by atoms with Gasteiger partial charge in [-0.3, -0.25) is 9.89 Å². The molecule has 0 fully saturated rings. The Labute approximate surface area is 128 Å². The monoisotopic (exact) mass is 305 g/mol. The van der Waals surface area contributed by atoms with Crippen LogP contribution in [0.5, 0.6) is 0 Å². The van der Waals surface area contributed by atoms with Gasteiger partial charge in [0.2, 0.25) is 5.16 Å². The van der Waals surface area contributed by atoms with Crippen LogP contribution >= 0.6 is 11.8 Å². The van der Waals surface area contributed by atoms with Crippen LogP contribution in [0.2, 0.25) is 0 Å². The standard InChI is InChI=1S/C15H19N3O2S/c1-3-20-13(19)5-4-10-21-15-16-14(17-18-15)12-8-6-11(2)7-9-12/h6-9H,3-5,10H2,1-2H3,(H,16,17,18). The Hall–Kier alpha value is -1.82. The number of benzene rings is 1. The number of carbonyl (C=O) groups excluding carboxylic acids is 1. The molecule has 0 atom stereocenters. The molecule has 1 aromatic carbocycles. The molecule has 0 unspecified atom stereocenters. The van der Waals surface area contributed by atoms with Crippen LogP contribution in [0.1, 0.15) is 25.3 Å². The number of aromatic amines is 1. The van der Waals surface area contributed by atoms with E-state index in [1.54, 1.807) is 0 Å². The lowest BCUT2D eigenvalue weighted by atomic mass is 10.1. The largest absolute Gasteiger partial charge is 0.466 e. The van der Waals surface area contributed by atoms with Crippen LogP contribution in [0.25, 0.3) is 11.4 Å². The number of esters is 1. The van der Waals surface area contributed by atoms with Crippen LogP contribution in [-0.4, -0.2) is 33.5 Å². The molecule has 0 aliphatic carbocycles. The van der Waals surface area contributed by atoms with E-state index < -0.39 is 0 Å². The Bertz CT molecular complexity index is 581. The van der Waals surface area contributed by atoms with E-state index in [0.717, 1.165) is 23.6 Å². The Morgan fingerprint density at radius 2 is 2.10 bits per heavy atom. The Kier molecular flexibility index (Phi) is 5.80. The van der Waals surface area contributed by atoms with Gasteiger partial charge in [-0.25, -0.2) is 4.98 Å². The number of aromatic nitrogens is 3. The quantitative estimate of drug-likeness (QED) is 0.483. The normalized spacial score (nSPS) is 10.6. The van der Waals surface area contributed by atoms with Crippen LogP contribution in [0.15, 0.2) is 29.4 Å². The van der Waals surface area contributed by atoms with Crippen molar-refractivity contribution in [1.82, 2.24) is 15.2 Å². The molecule has 0 bridgehead atoms. The number of hydrogen-bond acceptors (Lipinski definition) is 5. The van der Waals surface area contributed by atoms with Gasteiger partial charge in [0.25, 0.3) is 0 Å². The van der Waals surface area contributed by atoms with E-state index in [1.165, 1.54) is 17.3 Å². The van der Waals surface area contributed by atoms with E-state index in [4.69, 9.17) is 4.74 Å². The maximum absolute atomic E-state index is 11.2. The molecular weight excluding hydrogens is 286 g/mol. The van der Waals surface area contributed by atoms with Crippen LogP contribution in [-0.2, 0) is 9.53 Å². The van der Waals surface area contributed by atoms with Crippen LogP contribution in [0.3, 0.4) is 0 Å². The summed E-state index contributed by atoms with van der Waals surface area (Å²) in [6.45, 7) is 4.30. The molecule has 5 nitrogen and oxygen atoms in total. The minimum Gasteiger partial charge on any atom is -0.466 e. The highest BCUT2D eigenvalue weighted by atomic mass is 32.2. The van der Waals surface area contributed by atoms with E-state index in [2.05, 4.69) is 22.1 Å². The summed E-state index contributed by atoms with van der Waals surface area (Å²) in [5.74, 6) is 1.42. The predicted octanol–water partition coefficient (Wildman–Crippen LogP) is 3.22. The number of rotatable bonds is 7. The fourth-order valence-electron chi connectivity index (χ4n) is 1.76. The molecule has 1 heterocycles. The van der Waals surface area contributed by atoms with Crippen LogP contribution < -0.4 is 0 Å². The van der Waals surface area contributed by atoms with Crippen molar-refractivity contribution < 1.29 is 9.53 Å². The van der Waals surface area contributed by atoms with Gasteiger partial charge >= 0.3 is 5.97 Å². The maximum atomic E-state index is 11.2. The fourth-order valence-corrected chi connectivity index (χ4v) is 2.50. The second-order valence-corrected chi connectivity index (χ2v) is 5.65. The summed E-state index contributed by atoms with van der Waals surface area (Å²) >= 11 is 1.54. The summed E-state index contributed by atoms with van der Waals surface area (Å²) < 4.78 is 4.88. The van der Waals surface area contributed by atoms with Gasteiger partial charge in [0.1, 0.15) is 0 Å². The molecule has 112 valence electrons. The summed E-state index contributed by atoms with van der Waals surface area (Å²) in [6, 6.07) is 8.13. The molecule has 0 saturated carbocycles. The molecule has 0 spiro atoms. The zero-order valence-corrected chi connectivity index (χ0v) is 13.1. The summed E-state index contributed by atoms with van der Waals surface area (Å²) in [5, 5.41) is 7.82. The van der Waals surface area contributed by atoms with Gasteiger partial charge in [0, 0.05) is 17.7 Å². The Morgan fingerprint density at radius 1 is 1.33 bits per heavy atom. The van der Waals surface area contributed by atoms with E-state index >= 15 is 0 Å². The molecule has 6 heteroatoms. The summed E-state index contributed by atoms with van der Waals surface area (Å²) in [5.41, 5.74) is 2.23. The molecule has 0 saturated heterocycles. The van der Waals surface area contributed by atoms with Crippen molar-refractivity contribution in [3.05, 3.63) is 29.8 Å². The first kappa shape index (κ1) is 15.6. The third-order valence-electron chi connectivity index (χ3n) is 2.85. The van der Waals surface area contributed by atoms with Crippen molar-refractivity contribution in [2.24, 2.45) is 0 Å². The van der Waals surface area contributed by atoms with Crippen molar-refractivity contribution in [3.63, 3.8) is 0 Å². The number of thioether (sulfide) groups is 1. The maximum Gasteiger partial charge on any atom is 0.305 e. The average molecular weight is 305 g/mol. The van der Waals surface area contributed by atoms with Gasteiger partial charge in [0.15, 0.2) is 5.82 Å². The number of ether oxygens (including phenoxy) is 1. The molecule has 2 rings (SSSR count). The number of aryl methyl sites for hydroxylation is 1. The molecule has 0 aliphatic rings. The molecule has 21 heavy (non-hydrogen) atoms. The lowest BCUT2D eigenvalue weighted by molar-refractivity contribution is -0.143. The topological polar surface area (TPSA) is 67.9 Å². The zero-order valence-electron chi connectivity index (χ0n) is 12.3. The third-order valence-corrected chi connectivity index (χ3v) is 3.79. The summed E-state index contributed by atoms with van der Waals surface area (Å²) in [4.78, 5) is 15.6. The number of nitrogens with zero attached hydrogens (tertiary/aromatic N) is 2. The highest BCUT2D eigenvalue weighted by molar-refractivity contribution is 7.99.